The minimum atomic E-state index is -0.181. The molecule has 0 amide bonds. The lowest BCUT2D eigenvalue weighted by Gasteiger charge is -2.25. The summed E-state index contributed by atoms with van der Waals surface area (Å²) in [4.78, 5) is 2.25. The summed E-state index contributed by atoms with van der Waals surface area (Å²) in [6.45, 7) is 0.726. The number of hydrogen-bond donors (Lipinski definition) is 1. The topological polar surface area (TPSA) is 29.3 Å². The van der Waals surface area contributed by atoms with Gasteiger partial charge in [0.1, 0.15) is 5.82 Å². The minimum Gasteiger partial charge on any atom is -0.324 e. The van der Waals surface area contributed by atoms with Crippen LogP contribution in [0.5, 0.6) is 0 Å². The van der Waals surface area contributed by atoms with Gasteiger partial charge in [0.05, 0.1) is 0 Å². The standard InChI is InChI=1S/C17H19FN2/c1-20(11-12-5-4-6-13(18)9-12)17-10-16(19)14-7-2-3-8-15(14)17/h2-9,16-17H,10-11,19H2,1H3. The van der Waals surface area contributed by atoms with Crippen LogP contribution in [0.4, 0.5) is 4.39 Å². The van der Waals surface area contributed by atoms with Crippen molar-refractivity contribution in [3.63, 3.8) is 0 Å². The summed E-state index contributed by atoms with van der Waals surface area (Å²) >= 11 is 0. The lowest BCUT2D eigenvalue weighted by atomic mass is 10.1. The molecular weight excluding hydrogens is 251 g/mol. The summed E-state index contributed by atoms with van der Waals surface area (Å²) in [5.74, 6) is -0.181. The van der Waals surface area contributed by atoms with Crippen LogP contribution in [-0.2, 0) is 6.54 Å². The van der Waals surface area contributed by atoms with Crippen molar-refractivity contribution in [1.82, 2.24) is 4.90 Å². The van der Waals surface area contributed by atoms with E-state index in [9.17, 15) is 4.39 Å². The van der Waals surface area contributed by atoms with Gasteiger partial charge in [-0.3, -0.25) is 4.90 Å². The predicted octanol–water partition coefficient (Wildman–Crippen LogP) is 3.40. The van der Waals surface area contributed by atoms with Crippen molar-refractivity contribution in [2.75, 3.05) is 7.05 Å². The van der Waals surface area contributed by atoms with Crippen LogP contribution in [-0.4, -0.2) is 11.9 Å². The molecule has 0 radical (unpaired) electrons. The minimum absolute atomic E-state index is 0.103. The summed E-state index contributed by atoms with van der Waals surface area (Å²) in [6, 6.07) is 15.5. The normalized spacial score (nSPS) is 21.2. The Morgan fingerprint density at radius 1 is 1.15 bits per heavy atom. The molecule has 3 heteroatoms. The zero-order valence-electron chi connectivity index (χ0n) is 11.6. The molecule has 0 bridgehead atoms. The van der Waals surface area contributed by atoms with E-state index in [0.717, 1.165) is 18.5 Å². The van der Waals surface area contributed by atoms with E-state index in [1.165, 1.54) is 17.2 Å². The molecule has 2 atom stereocenters. The van der Waals surface area contributed by atoms with E-state index in [0.29, 0.717) is 6.04 Å². The van der Waals surface area contributed by atoms with Gasteiger partial charge in [0, 0.05) is 18.6 Å². The molecule has 0 fully saturated rings. The smallest absolute Gasteiger partial charge is 0.123 e. The molecule has 2 nitrogen and oxygen atoms in total. The average Bonchev–Trinajstić information content (AvgIpc) is 2.77. The summed E-state index contributed by atoms with van der Waals surface area (Å²) in [7, 11) is 2.07. The fourth-order valence-electron chi connectivity index (χ4n) is 3.10. The largest absolute Gasteiger partial charge is 0.324 e. The van der Waals surface area contributed by atoms with Crippen LogP contribution in [0.2, 0.25) is 0 Å². The van der Waals surface area contributed by atoms with Gasteiger partial charge in [0.25, 0.3) is 0 Å². The third-order valence-corrected chi connectivity index (χ3v) is 4.08. The maximum Gasteiger partial charge on any atom is 0.123 e. The molecule has 20 heavy (non-hydrogen) atoms. The first kappa shape index (κ1) is 13.3. The lowest BCUT2D eigenvalue weighted by Crippen LogP contribution is -2.23. The average molecular weight is 270 g/mol. The van der Waals surface area contributed by atoms with E-state index in [4.69, 9.17) is 5.73 Å². The lowest BCUT2D eigenvalue weighted by molar-refractivity contribution is 0.229. The molecule has 1 aliphatic carbocycles. The Labute approximate surface area is 119 Å². The van der Waals surface area contributed by atoms with Gasteiger partial charge in [-0.1, -0.05) is 36.4 Å². The fraction of sp³-hybridized carbons (Fsp3) is 0.294. The number of benzene rings is 2. The number of nitrogens with zero attached hydrogens (tertiary/aromatic N) is 1. The molecule has 104 valence electrons. The van der Waals surface area contributed by atoms with E-state index in [1.54, 1.807) is 12.1 Å². The number of rotatable bonds is 3. The third kappa shape index (κ3) is 2.47. The van der Waals surface area contributed by atoms with Gasteiger partial charge in [-0.15, -0.1) is 0 Å². The van der Waals surface area contributed by atoms with E-state index < -0.39 is 0 Å². The summed E-state index contributed by atoms with van der Waals surface area (Å²) < 4.78 is 13.3. The van der Waals surface area contributed by atoms with Crippen molar-refractivity contribution >= 4 is 0 Å². The van der Waals surface area contributed by atoms with Crippen molar-refractivity contribution < 1.29 is 4.39 Å². The van der Waals surface area contributed by atoms with Crippen LogP contribution in [0.15, 0.2) is 48.5 Å². The second kappa shape index (κ2) is 5.35. The molecule has 0 heterocycles. The van der Waals surface area contributed by atoms with Crippen LogP contribution < -0.4 is 5.73 Å². The highest BCUT2D eigenvalue weighted by molar-refractivity contribution is 5.37. The molecule has 0 saturated carbocycles. The first-order chi connectivity index (χ1) is 9.65. The van der Waals surface area contributed by atoms with Gasteiger partial charge in [0.2, 0.25) is 0 Å². The molecule has 3 rings (SSSR count). The van der Waals surface area contributed by atoms with Crippen molar-refractivity contribution in [3.8, 4) is 0 Å². The highest BCUT2D eigenvalue weighted by atomic mass is 19.1. The van der Waals surface area contributed by atoms with Crippen molar-refractivity contribution in [1.29, 1.82) is 0 Å². The van der Waals surface area contributed by atoms with Crippen molar-refractivity contribution in [3.05, 3.63) is 71.0 Å². The predicted molar refractivity (Wildman–Crippen MR) is 78.6 cm³/mol. The molecule has 2 aromatic rings. The molecule has 0 saturated heterocycles. The van der Waals surface area contributed by atoms with Crippen molar-refractivity contribution in [2.45, 2.75) is 25.0 Å². The zero-order chi connectivity index (χ0) is 14.1. The molecule has 0 aliphatic heterocycles. The Morgan fingerprint density at radius 3 is 2.65 bits per heavy atom. The quantitative estimate of drug-likeness (QED) is 0.926. The first-order valence-electron chi connectivity index (χ1n) is 6.94. The van der Waals surface area contributed by atoms with E-state index in [-0.39, 0.29) is 11.9 Å². The second-order valence-electron chi connectivity index (χ2n) is 5.53. The van der Waals surface area contributed by atoms with Gasteiger partial charge >= 0.3 is 0 Å². The Kier molecular flexibility index (Phi) is 3.55. The van der Waals surface area contributed by atoms with Crippen LogP contribution in [0.1, 0.15) is 35.2 Å². The molecular formula is C17H19FN2. The number of halogens is 1. The molecule has 2 aromatic carbocycles. The molecule has 0 aromatic heterocycles. The Bertz CT molecular complexity index is 611. The Hall–Kier alpha value is -1.71. The van der Waals surface area contributed by atoms with Crippen LogP contribution in [0.25, 0.3) is 0 Å². The summed E-state index contributed by atoms with van der Waals surface area (Å²) in [6.07, 6.45) is 0.922. The van der Waals surface area contributed by atoms with Crippen LogP contribution >= 0.6 is 0 Å². The maximum atomic E-state index is 13.3. The molecule has 2 N–H and O–H groups in total. The summed E-state index contributed by atoms with van der Waals surface area (Å²) in [5.41, 5.74) is 9.74. The number of hydrogen-bond acceptors (Lipinski definition) is 2. The molecule has 2 unspecified atom stereocenters. The first-order valence-corrected chi connectivity index (χ1v) is 6.94. The number of nitrogens with two attached hydrogens (primary N) is 1. The third-order valence-electron chi connectivity index (χ3n) is 4.08. The SMILES string of the molecule is CN(Cc1cccc(F)c1)C1CC(N)c2ccccc21. The monoisotopic (exact) mass is 270 g/mol. The van der Waals surface area contributed by atoms with E-state index in [1.807, 2.05) is 12.1 Å². The fourth-order valence-corrected chi connectivity index (χ4v) is 3.10. The maximum absolute atomic E-state index is 13.3. The van der Waals surface area contributed by atoms with Crippen LogP contribution in [0, 0.1) is 5.82 Å². The second-order valence-corrected chi connectivity index (χ2v) is 5.53. The van der Waals surface area contributed by atoms with Gasteiger partial charge in [-0.25, -0.2) is 4.39 Å². The van der Waals surface area contributed by atoms with Gasteiger partial charge in [-0.2, -0.15) is 0 Å². The molecule has 0 spiro atoms. The Morgan fingerprint density at radius 2 is 1.90 bits per heavy atom. The van der Waals surface area contributed by atoms with E-state index in [2.05, 4.69) is 30.1 Å². The van der Waals surface area contributed by atoms with Crippen molar-refractivity contribution in [2.24, 2.45) is 5.73 Å². The van der Waals surface area contributed by atoms with Crippen LogP contribution in [0.3, 0.4) is 0 Å². The highest BCUT2D eigenvalue weighted by Crippen LogP contribution is 2.40. The Balaban J connectivity index is 1.80. The van der Waals surface area contributed by atoms with Gasteiger partial charge < -0.3 is 5.73 Å². The van der Waals surface area contributed by atoms with E-state index >= 15 is 0 Å². The highest BCUT2D eigenvalue weighted by Gasteiger charge is 2.30. The number of fused-ring (bicyclic) bond motifs is 1. The van der Waals surface area contributed by atoms with Gasteiger partial charge in [0.15, 0.2) is 0 Å². The zero-order valence-corrected chi connectivity index (χ0v) is 11.6. The molecule has 1 aliphatic rings. The van der Waals surface area contributed by atoms with Gasteiger partial charge in [-0.05, 0) is 42.3 Å². The summed E-state index contributed by atoms with van der Waals surface area (Å²) in [5, 5.41) is 0.